The van der Waals surface area contributed by atoms with Crippen LogP contribution in [-0.4, -0.2) is 4.98 Å². The van der Waals surface area contributed by atoms with Crippen LogP contribution in [0.25, 0.3) is 0 Å². The highest BCUT2D eigenvalue weighted by atomic mass is 35.5. The van der Waals surface area contributed by atoms with Crippen molar-refractivity contribution >= 4 is 17.4 Å². The number of nitrogen functional groups attached to an aromatic ring is 1. The summed E-state index contributed by atoms with van der Waals surface area (Å²) in [5, 5.41) is 0.348. The van der Waals surface area contributed by atoms with E-state index < -0.39 is 11.6 Å². The van der Waals surface area contributed by atoms with E-state index in [0.717, 1.165) is 18.2 Å². The van der Waals surface area contributed by atoms with E-state index in [9.17, 15) is 8.78 Å². The average Bonchev–Trinajstić information content (AvgIpc) is 2.34. The minimum Gasteiger partial charge on any atom is -0.484 e. The molecule has 0 unspecified atom stereocenters. The lowest BCUT2D eigenvalue weighted by atomic mass is 10.3. The quantitative estimate of drug-likeness (QED) is 0.932. The molecule has 0 aliphatic carbocycles. The molecule has 1 aromatic carbocycles. The number of ether oxygens (including phenoxy) is 1. The smallest absolute Gasteiger partial charge is 0.165 e. The van der Waals surface area contributed by atoms with Crippen LogP contribution < -0.4 is 10.5 Å². The average molecular weight is 271 g/mol. The molecule has 0 saturated heterocycles. The SMILES string of the molecule is Nc1ccc(Cl)c(COc2cc(F)ccc2F)n1. The van der Waals surface area contributed by atoms with Crippen LogP contribution in [0.4, 0.5) is 14.6 Å². The molecule has 1 aromatic heterocycles. The highest BCUT2D eigenvalue weighted by Gasteiger charge is 2.08. The first-order chi connectivity index (χ1) is 8.56. The second-order valence-corrected chi connectivity index (χ2v) is 3.94. The van der Waals surface area contributed by atoms with E-state index in [1.807, 2.05) is 0 Å². The summed E-state index contributed by atoms with van der Waals surface area (Å²) in [6.07, 6.45) is 0. The van der Waals surface area contributed by atoms with Crippen LogP contribution in [0.5, 0.6) is 5.75 Å². The summed E-state index contributed by atoms with van der Waals surface area (Å²) in [7, 11) is 0. The molecule has 0 aliphatic heterocycles. The fraction of sp³-hybridized carbons (Fsp3) is 0.0833. The zero-order valence-electron chi connectivity index (χ0n) is 9.16. The van der Waals surface area contributed by atoms with E-state index in [-0.39, 0.29) is 18.2 Å². The molecule has 0 bridgehead atoms. The van der Waals surface area contributed by atoms with Gasteiger partial charge < -0.3 is 10.5 Å². The van der Waals surface area contributed by atoms with Crippen LogP contribution in [0.15, 0.2) is 30.3 Å². The number of aromatic nitrogens is 1. The lowest BCUT2D eigenvalue weighted by molar-refractivity contribution is 0.284. The van der Waals surface area contributed by atoms with Gasteiger partial charge in [0.25, 0.3) is 0 Å². The summed E-state index contributed by atoms with van der Waals surface area (Å²) in [5.74, 6) is -1.16. The first-order valence-electron chi connectivity index (χ1n) is 5.05. The standard InChI is InChI=1S/C12H9ClF2N2O/c13-8-2-4-12(16)17-10(8)6-18-11-5-7(14)1-3-9(11)15/h1-5H,6H2,(H2,16,17). The molecule has 1 heterocycles. The van der Waals surface area contributed by atoms with Crippen molar-refractivity contribution in [3.63, 3.8) is 0 Å². The number of benzene rings is 1. The van der Waals surface area contributed by atoms with E-state index in [2.05, 4.69) is 4.98 Å². The van der Waals surface area contributed by atoms with E-state index in [1.165, 1.54) is 6.07 Å². The fourth-order valence-electron chi connectivity index (χ4n) is 1.34. The molecule has 6 heteroatoms. The molecule has 2 N–H and O–H groups in total. The highest BCUT2D eigenvalue weighted by molar-refractivity contribution is 6.31. The van der Waals surface area contributed by atoms with Crippen molar-refractivity contribution in [1.82, 2.24) is 4.98 Å². The van der Waals surface area contributed by atoms with Gasteiger partial charge in [0.05, 0.1) is 10.7 Å². The Bertz CT molecular complexity index is 526. The molecule has 2 aromatic rings. The third-order valence-corrected chi connectivity index (χ3v) is 2.54. The molecule has 0 amide bonds. The summed E-state index contributed by atoms with van der Waals surface area (Å²) in [6.45, 7) is -0.0930. The van der Waals surface area contributed by atoms with Gasteiger partial charge in [-0.05, 0) is 24.3 Å². The van der Waals surface area contributed by atoms with Crippen molar-refractivity contribution in [2.45, 2.75) is 6.61 Å². The maximum absolute atomic E-state index is 13.3. The topological polar surface area (TPSA) is 48.1 Å². The summed E-state index contributed by atoms with van der Waals surface area (Å²) >= 11 is 5.87. The van der Waals surface area contributed by atoms with E-state index in [0.29, 0.717) is 10.7 Å². The molecule has 0 fully saturated rings. The normalized spacial score (nSPS) is 10.4. The van der Waals surface area contributed by atoms with Gasteiger partial charge in [-0.2, -0.15) is 0 Å². The van der Waals surface area contributed by atoms with Crippen LogP contribution in [0, 0.1) is 11.6 Å². The molecular formula is C12H9ClF2N2O. The van der Waals surface area contributed by atoms with Gasteiger partial charge in [0.15, 0.2) is 11.6 Å². The van der Waals surface area contributed by atoms with Gasteiger partial charge in [0.1, 0.15) is 18.2 Å². The molecular weight excluding hydrogens is 262 g/mol. The Labute approximate surface area is 107 Å². The third kappa shape index (κ3) is 2.87. The summed E-state index contributed by atoms with van der Waals surface area (Å²) in [4.78, 5) is 3.94. The van der Waals surface area contributed by atoms with Gasteiger partial charge in [-0.15, -0.1) is 0 Å². The van der Waals surface area contributed by atoms with Gasteiger partial charge in [-0.1, -0.05) is 11.6 Å². The lowest BCUT2D eigenvalue weighted by Crippen LogP contribution is -2.03. The molecule has 94 valence electrons. The van der Waals surface area contributed by atoms with Crippen molar-refractivity contribution in [2.24, 2.45) is 0 Å². The van der Waals surface area contributed by atoms with Crippen molar-refractivity contribution in [3.05, 3.63) is 52.7 Å². The minimum absolute atomic E-state index is 0.0930. The summed E-state index contributed by atoms with van der Waals surface area (Å²) in [6, 6.07) is 6.04. The molecule has 0 aliphatic rings. The van der Waals surface area contributed by atoms with Gasteiger partial charge in [-0.3, -0.25) is 0 Å². The van der Waals surface area contributed by atoms with Crippen molar-refractivity contribution < 1.29 is 13.5 Å². The van der Waals surface area contributed by atoms with Crippen LogP contribution >= 0.6 is 11.6 Å². The Morgan fingerprint density at radius 3 is 2.78 bits per heavy atom. The summed E-state index contributed by atoms with van der Waals surface area (Å²) in [5.41, 5.74) is 5.85. The van der Waals surface area contributed by atoms with Crippen LogP contribution in [0.3, 0.4) is 0 Å². The second kappa shape index (κ2) is 5.18. The Balaban J connectivity index is 2.16. The van der Waals surface area contributed by atoms with Gasteiger partial charge in [0, 0.05) is 6.07 Å². The first-order valence-corrected chi connectivity index (χ1v) is 5.43. The number of hydrogen-bond donors (Lipinski definition) is 1. The van der Waals surface area contributed by atoms with E-state index in [1.54, 1.807) is 6.07 Å². The third-order valence-electron chi connectivity index (χ3n) is 2.20. The number of nitrogens with zero attached hydrogens (tertiary/aromatic N) is 1. The molecule has 0 atom stereocenters. The second-order valence-electron chi connectivity index (χ2n) is 3.53. The first kappa shape index (κ1) is 12.6. The van der Waals surface area contributed by atoms with Crippen LogP contribution in [0.1, 0.15) is 5.69 Å². The van der Waals surface area contributed by atoms with Crippen molar-refractivity contribution in [3.8, 4) is 5.75 Å². The Kier molecular flexibility index (Phi) is 3.62. The highest BCUT2D eigenvalue weighted by Crippen LogP contribution is 2.21. The molecule has 18 heavy (non-hydrogen) atoms. The number of anilines is 1. The van der Waals surface area contributed by atoms with Crippen LogP contribution in [0.2, 0.25) is 5.02 Å². The predicted octanol–water partition coefficient (Wildman–Crippen LogP) is 3.17. The van der Waals surface area contributed by atoms with E-state index in [4.69, 9.17) is 22.1 Å². The van der Waals surface area contributed by atoms with Crippen molar-refractivity contribution in [1.29, 1.82) is 0 Å². The van der Waals surface area contributed by atoms with Gasteiger partial charge in [0.2, 0.25) is 0 Å². The van der Waals surface area contributed by atoms with Crippen LogP contribution in [-0.2, 0) is 6.61 Å². The van der Waals surface area contributed by atoms with Gasteiger partial charge >= 0.3 is 0 Å². The molecule has 0 radical (unpaired) electrons. The number of nitrogens with two attached hydrogens (primary N) is 1. The zero-order chi connectivity index (χ0) is 13.1. The molecule has 0 saturated carbocycles. The van der Waals surface area contributed by atoms with E-state index >= 15 is 0 Å². The predicted molar refractivity (Wildman–Crippen MR) is 64.3 cm³/mol. The Hall–Kier alpha value is -1.88. The lowest BCUT2D eigenvalue weighted by Gasteiger charge is -2.08. The maximum Gasteiger partial charge on any atom is 0.165 e. The number of halogens is 3. The number of pyridine rings is 1. The van der Waals surface area contributed by atoms with Crippen molar-refractivity contribution in [2.75, 3.05) is 5.73 Å². The molecule has 3 nitrogen and oxygen atoms in total. The summed E-state index contributed by atoms with van der Waals surface area (Å²) < 4.78 is 31.3. The van der Waals surface area contributed by atoms with Gasteiger partial charge in [-0.25, -0.2) is 13.8 Å². The number of hydrogen-bond acceptors (Lipinski definition) is 3. The molecule has 2 rings (SSSR count). The Morgan fingerprint density at radius 1 is 1.22 bits per heavy atom. The monoisotopic (exact) mass is 270 g/mol. The zero-order valence-corrected chi connectivity index (χ0v) is 9.92. The minimum atomic E-state index is -0.656. The maximum atomic E-state index is 13.3. The fourth-order valence-corrected chi connectivity index (χ4v) is 1.50. The Morgan fingerprint density at radius 2 is 2.00 bits per heavy atom. The number of rotatable bonds is 3. The molecule has 0 spiro atoms. The largest absolute Gasteiger partial charge is 0.484 e.